The molecule has 0 unspecified atom stereocenters. The SMILES string of the molecule is CC1=C(C)[C](C)([Ir][Cl])C(C)=C1C. The molecule has 0 bridgehead atoms. The minimum absolute atomic E-state index is 0.246. The first-order valence-corrected chi connectivity index (χ1v) is 8.21. The summed E-state index contributed by atoms with van der Waals surface area (Å²) in [5, 5.41) is 0. The summed E-state index contributed by atoms with van der Waals surface area (Å²) in [6.45, 7) is 11.1. The second-order valence-electron chi connectivity index (χ2n) is 3.52. The maximum absolute atomic E-state index is 6.13. The van der Waals surface area contributed by atoms with Crippen LogP contribution in [0.2, 0.25) is 3.93 Å². The van der Waals surface area contributed by atoms with Crippen molar-refractivity contribution in [1.29, 1.82) is 0 Å². The molecule has 1 aliphatic rings. The van der Waals surface area contributed by atoms with E-state index in [0.717, 1.165) is 0 Å². The molecule has 0 spiro atoms. The average molecular weight is 363 g/mol. The molecule has 0 aromatic rings. The van der Waals surface area contributed by atoms with Crippen LogP contribution in [0, 0.1) is 0 Å². The Morgan fingerprint density at radius 1 is 1.00 bits per heavy atom. The van der Waals surface area contributed by atoms with Crippen molar-refractivity contribution in [2.75, 3.05) is 0 Å². The van der Waals surface area contributed by atoms with Crippen LogP contribution in [-0.4, -0.2) is 0 Å². The Kier molecular flexibility index (Phi) is 2.88. The third-order valence-corrected chi connectivity index (χ3v) is 7.95. The fourth-order valence-corrected chi connectivity index (χ4v) is 4.75. The van der Waals surface area contributed by atoms with E-state index in [0.29, 0.717) is 0 Å². The van der Waals surface area contributed by atoms with E-state index in [2.05, 4.69) is 34.6 Å². The molecule has 71 valence electrons. The monoisotopic (exact) mass is 363 g/mol. The number of allylic oxidation sites excluding steroid dienone is 4. The first-order valence-electron chi connectivity index (χ1n) is 4.04. The summed E-state index contributed by atoms with van der Waals surface area (Å²) in [6, 6.07) is 0. The van der Waals surface area contributed by atoms with Crippen LogP contribution in [0.25, 0.3) is 0 Å². The van der Waals surface area contributed by atoms with Crippen molar-refractivity contribution in [2.24, 2.45) is 0 Å². The van der Waals surface area contributed by atoms with Gasteiger partial charge in [0.1, 0.15) is 0 Å². The number of halogens is 1. The van der Waals surface area contributed by atoms with Crippen molar-refractivity contribution in [3.8, 4) is 0 Å². The van der Waals surface area contributed by atoms with Gasteiger partial charge in [-0.15, -0.1) is 0 Å². The summed E-state index contributed by atoms with van der Waals surface area (Å²) in [7, 11) is 6.13. The van der Waals surface area contributed by atoms with Crippen LogP contribution in [0.5, 0.6) is 0 Å². The fraction of sp³-hybridized carbons (Fsp3) is 0.600. The van der Waals surface area contributed by atoms with E-state index < -0.39 is 0 Å². The van der Waals surface area contributed by atoms with Crippen molar-refractivity contribution >= 4 is 9.58 Å². The van der Waals surface area contributed by atoms with Crippen LogP contribution in [-0.2, 0) is 16.7 Å². The molecule has 0 aliphatic heterocycles. The summed E-state index contributed by atoms with van der Waals surface area (Å²) < 4.78 is 0.246. The Balaban J connectivity index is 3.25. The minimum atomic E-state index is -0.388. The molecule has 0 saturated carbocycles. The van der Waals surface area contributed by atoms with E-state index in [1.807, 2.05) is 0 Å². The second kappa shape index (κ2) is 3.29. The molecule has 0 heterocycles. The molecule has 0 fully saturated rings. The van der Waals surface area contributed by atoms with Crippen LogP contribution < -0.4 is 0 Å². The fourth-order valence-electron chi connectivity index (χ4n) is 1.63. The summed E-state index contributed by atoms with van der Waals surface area (Å²) in [6.07, 6.45) is 0. The van der Waals surface area contributed by atoms with Gasteiger partial charge in [0.2, 0.25) is 0 Å². The number of hydrogen-bond donors (Lipinski definition) is 0. The molecule has 1 aliphatic carbocycles. The van der Waals surface area contributed by atoms with E-state index in [4.69, 9.17) is 9.58 Å². The molecule has 0 N–H and O–H groups in total. The van der Waals surface area contributed by atoms with E-state index in [9.17, 15) is 0 Å². The zero-order valence-corrected chi connectivity index (χ0v) is 11.4. The zero-order valence-electron chi connectivity index (χ0n) is 8.21. The average Bonchev–Trinajstić information content (AvgIpc) is 2.22. The van der Waals surface area contributed by atoms with Gasteiger partial charge in [0.25, 0.3) is 0 Å². The van der Waals surface area contributed by atoms with E-state index in [-0.39, 0.29) is 20.6 Å². The van der Waals surface area contributed by atoms with Crippen LogP contribution in [0.4, 0.5) is 0 Å². The van der Waals surface area contributed by atoms with Gasteiger partial charge in [-0.2, -0.15) is 0 Å². The van der Waals surface area contributed by atoms with Gasteiger partial charge in [0.15, 0.2) is 0 Å². The predicted molar refractivity (Wildman–Crippen MR) is 51.0 cm³/mol. The predicted octanol–water partition coefficient (Wildman–Crippen LogP) is 4.09. The van der Waals surface area contributed by atoms with Crippen molar-refractivity contribution in [1.82, 2.24) is 0 Å². The van der Waals surface area contributed by atoms with Crippen molar-refractivity contribution in [3.05, 3.63) is 22.3 Å². The van der Waals surface area contributed by atoms with E-state index >= 15 is 0 Å². The van der Waals surface area contributed by atoms with E-state index in [1.165, 1.54) is 22.3 Å². The van der Waals surface area contributed by atoms with Gasteiger partial charge in [-0.3, -0.25) is 0 Å². The number of rotatable bonds is 1. The van der Waals surface area contributed by atoms with Gasteiger partial charge in [0, 0.05) is 0 Å². The van der Waals surface area contributed by atoms with Gasteiger partial charge in [-0.25, -0.2) is 0 Å². The normalized spacial score (nSPS) is 22.8. The number of hydrogen-bond acceptors (Lipinski definition) is 0. The van der Waals surface area contributed by atoms with Crippen LogP contribution in [0.15, 0.2) is 22.3 Å². The quantitative estimate of drug-likeness (QED) is 0.659. The second-order valence-corrected chi connectivity index (χ2v) is 7.40. The molecule has 0 atom stereocenters. The van der Waals surface area contributed by atoms with Crippen molar-refractivity contribution < 1.29 is 16.7 Å². The van der Waals surface area contributed by atoms with Crippen LogP contribution in [0.1, 0.15) is 34.6 Å². The first-order chi connectivity index (χ1) is 5.45. The molecule has 0 amide bonds. The zero-order chi connectivity index (χ0) is 9.52. The molecule has 0 saturated heterocycles. The Bertz CT molecular complexity index is 250. The summed E-state index contributed by atoms with van der Waals surface area (Å²) >= 11 is -0.388. The van der Waals surface area contributed by atoms with Gasteiger partial charge in [0.05, 0.1) is 0 Å². The summed E-state index contributed by atoms with van der Waals surface area (Å²) in [5.74, 6) is 0. The Labute approximate surface area is 87.0 Å². The molecule has 12 heavy (non-hydrogen) atoms. The molecular formula is C10H15ClIr. The molecule has 1 rings (SSSR count). The Hall–Kier alpha value is 0.419. The van der Waals surface area contributed by atoms with Crippen LogP contribution in [0.3, 0.4) is 0 Å². The van der Waals surface area contributed by atoms with Crippen molar-refractivity contribution in [3.63, 3.8) is 0 Å². The third-order valence-electron chi connectivity index (χ3n) is 3.19. The summed E-state index contributed by atoms with van der Waals surface area (Å²) in [4.78, 5) is 0. The van der Waals surface area contributed by atoms with Gasteiger partial charge in [-0.1, -0.05) is 0 Å². The van der Waals surface area contributed by atoms with Gasteiger partial charge in [-0.05, 0) is 0 Å². The van der Waals surface area contributed by atoms with E-state index in [1.54, 1.807) is 0 Å². The van der Waals surface area contributed by atoms with Gasteiger partial charge >= 0.3 is 87.1 Å². The molecule has 0 aromatic heterocycles. The molecule has 2 heteroatoms. The standard InChI is InChI=1S/C10H15.ClH.Ir/c1-6-7(2)9(4)10(5)8(6)3;;/h1-5H3;1H;/q;;+1/p-1. The van der Waals surface area contributed by atoms with Gasteiger partial charge < -0.3 is 0 Å². The first kappa shape index (κ1) is 10.5. The van der Waals surface area contributed by atoms with Crippen molar-refractivity contribution in [2.45, 2.75) is 38.5 Å². The topological polar surface area (TPSA) is 0 Å². The molecular weight excluding hydrogens is 348 g/mol. The maximum atomic E-state index is 6.13. The molecule has 0 radical (unpaired) electrons. The Morgan fingerprint density at radius 2 is 1.33 bits per heavy atom. The molecule has 0 nitrogen and oxygen atoms in total. The summed E-state index contributed by atoms with van der Waals surface area (Å²) in [5.41, 5.74) is 5.90. The van der Waals surface area contributed by atoms with Crippen LogP contribution >= 0.6 is 9.58 Å². The third kappa shape index (κ3) is 1.23. The molecule has 0 aromatic carbocycles. The Morgan fingerprint density at radius 3 is 1.50 bits per heavy atom.